The maximum Gasteiger partial charge on any atom is 0.408 e. The van der Waals surface area contributed by atoms with Crippen LogP contribution in [0.3, 0.4) is 0 Å². The summed E-state index contributed by atoms with van der Waals surface area (Å²) < 4.78 is 5.14. The lowest BCUT2D eigenvalue weighted by Crippen LogP contribution is -2.42. The first-order valence-corrected chi connectivity index (χ1v) is 5.07. The summed E-state index contributed by atoms with van der Waals surface area (Å²) in [6.07, 6.45) is 0.701. The molecule has 1 unspecified atom stereocenters. The van der Waals surface area contributed by atoms with Gasteiger partial charge in [0.1, 0.15) is 11.6 Å². The summed E-state index contributed by atoms with van der Waals surface area (Å²) in [5, 5.41) is 10.8. The van der Waals surface area contributed by atoms with Crippen molar-refractivity contribution in [2.24, 2.45) is 0 Å². The Morgan fingerprint density at radius 1 is 1.40 bits per heavy atom. The molecule has 0 spiro atoms. The zero-order chi connectivity index (χ0) is 12.1. The highest BCUT2D eigenvalue weighted by atomic mass is 16.6. The molecule has 5 nitrogen and oxygen atoms in total. The number of alkyl carbamates (subject to hydrolysis) is 1. The number of hydrogen-bond acceptors (Lipinski definition) is 3. The summed E-state index contributed by atoms with van der Waals surface area (Å²) in [4.78, 5) is 21.8. The summed E-state index contributed by atoms with van der Waals surface area (Å²) in [6.45, 7) is 7.03. The quantitative estimate of drug-likeness (QED) is 0.735. The summed E-state index contributed by atoms with van der Waals surface area (Å²) in [5.41, 5.74) is -0.525. The number of amides is 1. The molecular formula is C10H19NO4. The van der Waals surface area contributed by atoms with Crippen molar-refractivity contribution in [3.8, 4) is 0 Å². The molecule has 0 rings (SSSR count). The number of carboxylic acids is 1. The molecule has 0 radical (unpaired) electrons. The second-order valence-electron chi connectivity index (χ2n) is 3.75. The molecule has 0 aliphatic rings. The maximum atomic E-state index is 11.3. The normalized spacial score (nSPS) is 13.1. The average molecular weight is 217 g/mol. The minimum absolute atomic E-state index is 0.525. The van der Waals surface area contributed by atoms with Gasteiger partial charge in [0.15, 0.2) is 0 Å². The fourth-order valence-corrected chi connectivity index (χ4v) is 0.886. The molecule has 0 aliphatic carbocycles. The van der Waals surface area contributed by atoms with Crippen LogP contribution >= 0.6 is 0 Å². The molecule has 2 N–H and O–H groups in total. The molecule has 0 saturated heterocycles. The number of carbonyl (C=O) groups is 2. The average Bonchev–Trinajstić information content (AvgIpc) is 2.17. The number of carboxylic acid groups (broad SMARTS) is 1. The van der Waals surface area contributed by atoms with Gasteiger partial charge in [0.25, 0.3) is 0 Å². The van der Waals surface area contributed by atoms with Gasteiger partial charge in [0, 0.05) is 0 Å². The monoisotopic (exact) mass is 217 g/mol. The van der Waals surface area contributed by atoms with Crippen LogP contribution in [0.4, 0.5) is 4.79 Å². The second kappa shape index (κ2) is 5.58. The highest BCUT2D eigenvalue weighted by Crippen LogP contribution is 2.19. The zero-order valence-corrected chi connectivity index (χ0v) is 9.66. The van der Waals surface area contributed by atoms with Crippen molar-refractivity contribution in [3.05, 3.63) is 0 Å². The predicted molar refractivity (Wildman–Crippen MR) is 55.7 cm³/mol. The summed E-state index contributed by atoms with van der Waals surface area (Å²) in [7, 11) is 0. The molecule has 0 aromatic carbocycles. The highest BCUT2D eigenvalue weighted by Gasteiger charge is 2.26. The van der Waals surface area contributed by atoms with Crippen LogP contribution in [0.25, 0.3) is 0 Å². The van der Waals surface area contributed by atoms with Gasteiger partial charge in [0.05, 0.1) is 0 Å². The molecule has 0 saturated carbocycles. The first-order chi connectivity index (χ1) is 6.84. The van der Waals surface area contributed by atoms with Gasteiger partial charge < -0.3 is 15.2 Å². The number of nitrogens with one attached hydrogen (secondary N) is 1. The predicted octanol–water partition coefficient (Wildman–Crippen LogP) is 1.76. The fourth-order valence-electron chi connectivity index (χ4n) is 0.886. The van der Waals surface area contributed by atoms with Gasteiger partial charge in [-0.15, -0.1) is 0 Å². The van der Waals surface area contributed by atoms with Gasteiger partial charge in [-0.2, -0.15) is 0 Å². The van der Waals surface area contributed by atoms with Crippen molar-refractivity contribution in [1.29, 1.82) is 0 Å². The van der Waals surface area contributed by atoms with Crippen LogP contribution < -0.4 is 5.32 Å². The van der Waals surface area contributed by atoms with E-state index in [9.17, 15) is 9.59 Å². The first kappa shape index (κ1) is 13.7. The molecule has 88 valence electrons. The van der Waals surface area contributed by atoms with Gasteiger partial charge in [-0.1, -0.05) is 13.8 Å². The van der Waals surface area contributed by atoms with Crippen LogP contribution in [0, 0.1) is 0 Å². The van der Waals surface area contributed by atoms with E-state index in [0.717, 1.165) is 0 Å². The third kappa shape index (κ3) is 4.67. The molecule has 0 aliphatic heterocycles. The third-order valence-electron chi connectivity index (χ3n) is 2.54. The maximum absolute atomic E-state index is 11.3. The van der Waals surface area contributed by atoms with Crippen LogP contribution in [0.15, 0.2) is 0 Å². The minimum atomic E-state index is -1.08. The van der Waals surface area contributed by atoms with Crippen molar-refractivity contribution >= 4 is 12.1 Å². The Bertz CT molecular complexity index is 236. The van der Waals surface area contributed by atoms with Gasteiger partial charge >= 0.3 is 12.1 Å². The SMILES string of the molecule is CCC(C)(CC)OC(=O)NC(C)C(=O)O. The van der Waals surface area contributed by atoms with Gasteiger partial charge in [0.2, 0.25) is 0 Å². The topological polar surface area (TPSA) is 75.6 Å². The van der Waals surface area contributed by atoms with Gasteiger partial charge in [-0.25, -0.2) is 4.79 Å². The van der Waals surface area contributed by atoms with E-state index < -0.39 is 23.7 Å². The van der Waals surface area contributed by atoms with Crippen LogP contribution in [0.5, 0.6) is 0 Å². The Balaban J connectivity index is 4.19. The molecular weight excluding hydrogens is 198 g/mol. The van der Waals surface area contributed by atoms with Crippen LogP contribution in [0.2, 0.25) is 0 Å². The van der Waals surface area contributed by atoms with Crippen LogP contribution in [0.1, 0.15) is 40.5 Å². The number of ether oxygens (including phenoxy) is 1. The number of rotatable bonds is 5. The van der Waals surface area contributed by atoms with Crippen molar-refractivity contribution in [2.75, 3.05) is 0 Å². The lowest BCUT2D eigenvalue weighted by molar-refractivity contribution is -0.139. The molecule has 0 aromatic rings. The van der Waals surface area contributed by atoms with Crippen LogP contribution in [-0.4, -0.2) is 28.8 Å². The Kier molecular flexibility index (Phi) is 5.11. The second-order valence-corrected chi connectivity index (χ2v) is 3.75. The molecule has 1 atom stereocenters. The van der Waals surface area contributed by atoms with Crippen LogP contribution in [-0.2, 0) is 9.53 Å². The Labute approximate surface area is 89.8 Å². The Hall–Kier alpha value is -1.26. The summed E-state index contributed by atoms with van der Waals surface area (Å²) in [5.74, 6) is -1.08. The zero-order valence-electron chi connectivity index (χ0n) is 9.66. The Morgan fingerprint density at radius 2 is 1.87 bits per heavy atom. The third-order valence-corrected chi connectivity index (χ3v) is 2.54. The van der Waals surface area contributed by atoms with Crippen molar-refractivity contribution in [3.63, 3.8) is 0 Å². The van der Waals surface area contributed by atoms with E-state index >= 15 is 0 Å². The smallest absolute Gasteiger partial charge is 0.408 e. The molecule has 0 bridgehead atoms. The van der Waals surface area contributed by atoms with E-state index in [1.807, 2.05) is 20.8 Å². The highest BCUT2D eigenvalue weighted by molar-refractivity contribution is 5.79. The lowest BCUT2D eigenvalue weighted by Gasteiger charge is -2.27. The van der Waals surface area contributed by atoms with E-state index in [4.69, 9.17) is 9.84 Å². The molecule has 0 aromatic heterocycles. The molecule has 15 heavy (non-hydrogen) atoms. The first-order valence-electron chi connectivity index (χ1n) is 5.07. The minimum Gasteiger partial charge on any atom is -0.480 e. The van der Waals surface area contributed by atoms with E-state index in [-0.39, 0.29) is 0 Å². The fraction of sp³-hybridized carbons (Fsp3) is 0.800. The number of aliphatic carboxylic acids is 1. The van der Waals surface area contributed by atoms with Gasteiger partial charge in [-0.3, -0.25) is 4.79 Å². The standard InChI is InChI=1S/C10H19NO4/c1-5-10(4,6-2)15-9(14)11-7(3)8(12)13/h7H,5-6H2,1-4H3,(H,11,14)(H,12,13). The summed E-state index contributed by atoms with van der Waals surface area (Å²) >= 11 is 0. The van der Waals surface area contributed by atoms with E-state index in [2.05, 4.69) is 5.32 Å². The van der Waals surface area contributed by atoms with Crippen molar-refractivity contribution < 1.29 is 19.4 Å². The van der Waals surface area contributed by atoms with Crippen molar-refractivity contribution in [2.45, 2.75) is 52.2 Å². The molecule has 5 heteroatoms. The van der Waals surface area contributed by atoms with Gasteiger partial charge in [-0.05, 0) is 26.7 Å². The molecule has 1 amide bonds. The lowest BCUT2D eigenvalue weighted by atomic mass is 10.0. The molecule has 0 heterocycles. The Morgan fingerprint density at radius 3 is 2.20 bits per heavy atom. The number of carbonyl (C=O) groups excluding carboxylic acids is 1. The van der Waals surface area contributed by atoms with E-state index in [1.54, 1.807) is 0 Å². The van der Waals surface area contributed by atoms with E-state index in [1.165, 1.54) is 6.92 Å². The molecule has 0 fully saturated rings. The number of hydrogen-bond donors (Lipinski definition) is 2. The summed E-state index contributed by atoms with van der Waals surface area (Å²) in [6, 6.07) is -0.935. The van der Waals surface area contributed by atoms with Crippen molar-refractivity contribution in [1.82, 2.24) is 5.32 Å². The van der Waals surface area contributed by atoms with E-state index in [0.29, 0.717) is 12.8 Å². The largest absolute Gasteiger partial charge is 0.480 e.